The van der Waals surface area contributed by atoms with Crippen molar-refractivity contribution in [2.75, 3.05) is 0 Å². The molecule has 0 aromatic carbocycles. The SMILES string of the molecule is C=C(C)[C@@H]1CC[C@@]2(C)[C@H](O)CC[C@]3(C)O[C@]23[C@@H]1O. The second-order valence-electron chi connectivity index (χ2n) is 6.98. The molecule has 0 aromatic heterocycles. The second kappa shape index (κ2) is 3.38. The van der Waals surface area contributed by atoms with E-state index in [1.807, 2.05) is 6.92 Å². The van der Waals surface area contributed by atoms with Gasteiger partial charge in [-0.15, -0.1) is 0 Å². The maximum absolute atomic E-state index is 10.8. The van der Waals surface area contributed by atoms with E-state index in [9.17, 15) is 10.2 Å². The van der Waals surface area contributed by atoms with E-state index in [2.05, 4.69) is 20.4 Å². The predicted octanol–water partition coefficient (Wildman–Crippen LogP) is 2.02. The average Bonchev–Trinajstić information content (AvgIpc) is 2.92. The quantitative estimate of drug-likeness (QED) is 0.554. The molecular weight excluding hydrogens is 228 g/mol. The predicted molar refractivity (Wildman–Crippen MR) is 69.1 cm³/mol. The Kier molecular flexibility index (Phi) is 2.38. The molecule has 3 heteroatoms. The van der Waals surface area contributed by atoms with E-state index in [4.69, 9.17) is 4.74 Å². The molecule has 3 fully saturated rings. The van der Waals surface area contributed by atoms with Gasteiger partial charge in [-0.3, -0.25) is 0 Å². The van der Waals surface area contributed by atoms with Crippen molar-refractivity contribution in [3.8, 4) is 0 Å². The Balaban J connectivity index is 2.03. The van der Waals surface area contributed by atoms with Crippen molar-refractivity contribution in [3.05, 3.63) is 12.2 Å². The molecule has 2 saturated carbocycles. The molecule has 1 saturated heterocycles. The van der Waals surface area contributed by atoms with Crippen LogP contribution in [0.2, 0.25) is 0 Å². The highest BCUT2D eigenvalue weighted by atomic mass is 16.6. The summed E-state index contributed by atoms with van der Waals surface area (Å²) in [7, 11) is 0. The van der Waals surface area contributed by atoms with E-state index in [1.54, 1.807) is 0 Å². The molecule has 18 heavy (non-hydrogen) atoms. The summed E-state index contributed by atoms with van der Waals surface area (Å²) in [6.45, 7) is 10.1. The van der Waals surface area contributed by atoms with Gasteiger partial charge in [0.2, 0.25) is 0 Å². The molecule has 2 N–H and O–H groups in total. The molecule has 0 amide bonds. The van der Waals surface area contributed by atoms with Gasteiger partial charge in [-0.25, -0.2) is 0 Å². The lowest BCUT2D eigenvalue weighted by atomic mass is 9.52. The first-order valence-corrected chi connectivity index (χ1v) is 7.00. The number of epoxide rings is 1. The van der Waals surface area contributed by atoms with E-state index in [-0.39, 0.29) is 23.0 Å². The van der Waals surface area contributed by atoms with Crippen LogP contribution in [0.25, 0.3) is 0 Å². The molecule has 0 unspecified atom stereocenters. The van der Waals surface area contributed by atoms with Crippen molar-refractivity contribution in [1.29, 1.82) is 0 Å². The molecule has 1 aliphatic heterocycles. The van der Waals surface area contributed by atoms with Gasteiger partial charge in [0.15, 0.2) is 0 Å². The number of ether oxygens (including phenoxy) is 1. The maximum atomic E-state index is 10.8. The molecule has 2 aliphatic carbocycles. The largest absolute Gasteiger partial charge is 0.392 e. The third-order valence-corrected chi connectivity index (χ3v) is 6.01. The molecule has 102 valence electrons. The highest BCUT2D eigenvalue weighted by Gasteiger charge is 2.82. The van der Waals surface area contributed by atoms with Crippen molar-refractivity contribution in [1.82, 2.24) is 0 Å². The summed E-state index contributed by atoms with van der Waals surface area (Å²) in [5.41, 5.74) is -0.101. The molecular formula is C15H24O3. The van der Waals surface area contributed by atoms with Crippen LogP contribution < -0.4 is 0 Å². The summed E-state index contributed by atoms with van der Waals surface area (Å²) < 4.78 is 6.07. The Hall–Kier alpha value is -0.380. The van der Waals surface area contributed by atoms with E-state index in [0.717, 1.165) is 31.3 Å². The van der Waals surface area contributed by atoms with Crippen LogP contribution in [0.4, 0.5) is 0 Å². The first-order chi connectivity index (χ1) is 8.28. The molecule has 0 bridgehead atoms. The number of hydrogen-bond donors (Lipinski definition) is 2. The van der Waals surface area contributed by atoms with Crippen LogP contribution in [0.1, 0.15) is 46.5 Å². The van der Waals surface area contributed by atoms with Gasteiger partial charge in [0.1, 0.15) is 5.60 Å². The molecule has 0 radical (unpaired) electrons. The monoisotopic (exact) mass is 252 g/mol. The fourth-order valence-corrected chi connectivity index (χ4v) is 4.74. The van der Waals surface area contributed by atoms with Gasteiger partial charge < -0.3 is 14.9 Å². The van der Waals surface area contributed by atoms with Crippen molar-refractivity contribution in [2.45, 2.75) is 69.9 Å². The Morgan fingerprint density at radius 1 is 1.22 bits per heavy atom. The van der Waals surface area contributed by atoms with Gasteiger partial charge in [0.25, 0.3) is 0 Å². The van der Waals surface area contributed by atoms with Crippen LogP contribution in [-0.2, 0) is 4.74 Å². The fourth-order valence-electron chi connectivity index (χ4n) is 4.74. The summed E-state index contributed by atoms with van der Waals surface area (Å²) in [6, 6.07) is 0. The Morgan fingerprint density at radius 2 is 1.89 bits per heavy atom. The van der Waals surface area contributed by atoms with E-state index in [0.29, 0.717) is 0 Å². The highest BCUT2D eigenvalue weighted by molar-refractivity contribution is 5.32. The molecule has 3 aliphatic rings. The maximum Gasteiger partial charge on any atom is 0.132 e. The van der Waals surface area contributed by atoms with E-state index >= 15 is 0 Å². The molecule has 3 rings (SSSR count). The topological polar surface area (TPSA) is 53.0 Å². The molecule has 6 atom stereocenters. The molecule has 0 aromatic rings. The zero-order valence-electron chi connectivity index (χ0n) is 11.6. The number of aliphatic hydroxyl groups is 2. The lowest BCUT2D eigenvalue weighted by Gasteiger charge is -2.52. The van der Waals surface area contributed by atoms with E-state index in [1.165, 1.54) is 0 Å². The summed E-state index contributed by atoms with van der Waals surface area (Å²) in [5, 5.41) is 21.2. The van der Waals surface area contributed by atoms with Crippen LogP contribution in [0.3, 0.4) is 0 Å². The van der Waals surface area contributed by atoms with Crippen molar-refractivity contribution in [3.63, 3.8) is 0 Å². The van der Waals surface area contributed by atoms with Gasteiger partial charge in [0, 0.05) is 11.3 Å². The molecule has 3 nitrogen and oxygen atoms in total. The minimum atomic E-state index is -0.556. The first-order valence-electron chi connectivity index (χ1n) is 7.00. The Labute approximate surface area is 109 Å². The van der Waals surface area contributed by atoms with Gasteiger partial charge in [-0.1, -0.05) is 19.1 Å². The third-order valence-electron chi connectivity index (χ3n) is 6.01. The van der Waals surface area contributed by atoms with Crippen molar-refractivity contribution in [2.24, 2.45) is 11.3 Å². The summed E-state index contributed by atoms with van der Waals surface area (Å²) >= 11 is 0. The number of rotatable bonds is 1. The van der Waals surface area contributed by atoms with E-state index < -0.39 is 11.7 Å². The number of hydrogen-bond acceptors (Lipinski definition) is 3. The third kappa shape index (κ3) is 1.16. The zero-order chi connectivity index (χ0) is 13.3. The van der Waals surface area contributed by atoms with Crippen LogP contribution in [0.15, 0.2) is 12.2 Å². The second-order valence-corrected chi connectivity index (χ2v) is 6.98. The minimum Gasteiger partial charge on any atom is -0.392 e. The van der Waals surface area contributed by atoms with Crippen LogP contribution in [-0.4, -0.2) is 33.6 Å². The Morgan fingerprint density at radius 3 is 2.50 bits per heavy atom. The van der Waals surface area contributed by atoms with Crippen molar-refractivity contribution >= 4 is 0 Å². The average molecular weight is 252 g/mol. The standard InChI is InChI=1S/C15H24O3/c1-9(2)10-5-7-13(3)11(16)6-8-14(4)15(13,18-14)12(10)17/h10-12,16-17H,1,5-8H2,2-4H3/t10-,11+,12+,13-,14-,15+/m0/s1. The van der Waals surface area contributed by atoms with Gasteiger partial charge in [-0.05, 0) is 39.5 Å². The minimum absolute atomic E-state index is 0.102. The highest BCUT2D eigenvalue weighted by Crippen LogP contribution is 2.71. The molecule has 1 heterocycles. The fraction of sp³-hybridized carbons (Fsp3) is 0.867. The molecule has 1 spiro atoms. The smallest absolute Gasteiger partial charge is 0.132 e. The van der Waals surface area contributed by atoms with Crippen LogP contribution in [0.5, 0.6) is 0 Å². The van der Waals surface area contributed by atoms with Crippen LogP contribution in [0, 0.1) is 11.3 Å². The summed E-state index contributed by atoms with van der Waals surface area (Å²) in [6.07, 6.45) is 2.51. The summed E-state index contributed by atoms with van der Waals surface area (Å²) in [5.74, 6) is 0.102. The normalized spacial score (nSPS) is 58.6. The zero-order valence-corrected chi connectivity index (χ0v) is 11.6. The Bertz CT molecular complexity index is 407. The van der Waals surface area contributed by atoms with Gasteiger partial charge >= 0.3 is 0 Å². The van der Waals surface area contributed by atoms with Crippen LogP contribution >= 0.6 is 0 Å². The lowest BCUT2D eigenvalue weighted by Crippen LogP contribution is -2.62. The first kappa shape index (κ1) is 12.6. The van der Waals surface area contributed by atoms with Crippen molar-refractivity contribution < 1.29 is 14.9 Å². The van der Waals surface area contributed by atoms with Gasteiger partial charge in [-0.2, -0.15) is 0 Å². The summed E-state index contributed by atoms with van der Waals surface area (Å²) in [4.78, 5) is 0. The number of aliphatic hydroxyl groups excluding tert-OH is 2. The van der Waals surface area contributed by atoms with Gasteiger partial charge in [0.05, 0.1) is 17.8 Å². The lowest BCUT2D eigenvalue weighted by molar-refractivity contribution is -0.130.